The van der Waals surface area contributed by atoms with Crippen LogP contribution in [0.2, 0.25) is 0 Å². The largest absolute Gasteiger partial charge is 0.395 e. The fraction of sp³-hybridized carbons (Fsp3) is 0.368. The minimum Gasteiger partial charge on any atom is -0.395 e. The van der Waals surface area contributed by atoms with Gasteiger partial charge < -0.3 is 14.9 Å². The summed E-state index contributed by atoms with van der Waals surface area (Å²) in [4.78, 5) is 30.1. The van der Waals surface area contributed by atoms with Gasteiger partial charge in [-0.2, -0.15) is 0 Å². The van der Waals surface area contributed by atoms with Crippen LogP contribution in [0.5, 0.6) is 0 Å². The van der Waals surface area contributed by atoms with Crippen molar-refractivity contribution in [2.24, 2.45) is 0 Å². The molecule has 0 saturated carbocycles. The zero-order valence-corrected chi connectivity index (χ0v) is 15.2. The molecule has 8 nitrogen and oxygen atoms in total. The SMILES string of the molecule is Cc1nccnc1N1CCN(c2ccc3c(=O)n(CCO)cnc3c2)CC1. The van der Waals surface area contributed by atoms with E-state index in [0.29, 0.717) is 10.9 Å². The van der Waals surface area contributed by atoms with Crippen LogP contribution >= 0.6 is 0 Å². The monoisotopic (exact) mass is 366 g/mol. The summed E-state index contributed by atoms with van der Waals surface area (Å²) in [5.74, 6) is 0.946. The van der Waals surface area contributed by atoms with Crippen LogP contribution in [0.25, 0.3) is 10.9 Å². The van der Waals surface area contributed by atoms with Crippen LogP contribution in [0.15, 0.2) is 41.7 Å². The Kier molecular flexibility index (Phi) is 4.72. The van der Waals surface area contributed by atoms with Gasteiger partial charge >= 0.3 is 0 Å². The van der Waals surface area contributed by atoms with Crippen LogP contribution in [0.3, 0.4) is 0 Å². The van der Waals surface area contributed by atoms with Crippen molar-refractivity contribution in [3.63, 3.8) is 0 Å². The lowest BCUT2D eigenvalue weighted by Gasteiger charge is -2.37. The zero-order valence-electron chi connectivity index (χ0n) is 15.2. The molecule has 1 fully saturated rings. The Balaban J connectivity index is 1.53. The summed E-state index contributed by atoms with van der Waals surface area (Å²) in [5.41, 5.74) is 2.56. The lowest BCUT2D eigenvalue weighted by Crippen LogP contribution is -2.47. The Bertz CT molecular complexity index is 1010. The highest BCUT2D eigenvalue weighted by molar-refractivity contribution is 5.81. The summed E-state index contributed by atoms with van der Waals surface area (Å²) in [6.45, 7) is 5.61. The molecule has 27 heavy (non-hydrogen) atoms. The fourth-order valence-corrected chi connectivity index (χ4v) is 3.50. The predicted octanol–water partition coefficient (Wildman–Crippen LogP) is 0.814. The lowest BCUT2D eigenvalue weighted by atomic mass is 10.2. The van der Waals surface area contributed by atoms with E-state index < -0.39 is 0 Å². The van der Waals surface area contributed by atoms with E-state index in [9.17, 15) is 4.79 Å². The molecule has 0 spiro atoms. The summed E-state index contributed by atoms with van der Waals surface area (Å²) < 4.78 is 1.43. The summed E-state index contributed by atoms with van der Waals surface area (Å²) in [7, 11) is 0. The Morgan fingerprint density at radius 3 is 2.52 bits per heavy atom. The highest BCUT2D eigenvalue weighted by atomic mass is 16.3. The Hall–Kier alpha value is -3.00. The number of aliphatic hydroxyl groups is 1. The minimum absolute atomic E-state index is 0.0826. The molecule has 1 aliphatic heterocycles. The van der Waals surface area contributed by atoms with Crippen LogP contribution < -0.4 is 15.4 Å². The molecule has 0 unspecified atom stereocenters. The first-order valence-corrected chi connectivity index (χ1v) is 9.05. The van der Waals surface area contributed by atoms with Crippen molar-refractivity contribution in [2.75, 3.05) is 42.6 Å². The van der Waals surface area contributed by atoms with Crippen molar-refractivity contribution in [3.05, 3.63) is 53.0 Å². The number of hydrogen-bond acceptors (Lipinski definition) is 7. The van der Waals surface area contributed by atoms with E-state index in [1.54, 1.807) is 12.4 Å². The third-order valence-electron chi connectivity index (χ3n) is 4.95. The molecule has 140 valence electrons. The molecule has 0 aliphatic carbocycles. The number of benzene rings is 1. The third kappa shape index (κ3) is 3.35. The predicted molar refractivity (Wildman–Crippen MR) is 104 cm³/mol. The van der Waals surface area contributed by atoms with E-state index in [-0.39, 0.29) is 18.7 Å². The molecule has 3 heterocycles. The first-order chi connectivity index (χ1) is 13.2. The molecule has 8 heteroatoms. The molecule has 3 aromatic rings. The maximum Gasteiger partial charge on any atom is 0.261 e. The standard InChI is InChI=1S/C19H22N6O2/c1-14-18(21-5-4-20-14)24-8-6-23(7-9-24)15-2-3-16-17(12-15)22-13-25(10-11-26)19(16)27/h2-5,12-13,26H,6-11H2,1H3. The smallest absolute Gasteiger partial charge is 0.261 e. The number of aromatic nitrogens is 4. The number of fused-ring (bicyclic) bond motifs is 1. The van der Waals surface area contributed by atoms with Crippen molar-refractivity contribution in [1.29, 1.82) is 0 Å². The van der Waals surface area contributed by atoms with Gasteiger partial charge in [-0.25, -0.2) is 9.97 Å². The molecule has 0 amide bonds. The Morgan fingerprint density at radius 2 is 1.78 bits per heavy atom. The van der Waals surface area contributed by atoms with Crippen LogP contribution in [0, 0.1) is 6.92 Å². The molecule has 1 N–H and O–H groups in total. The summed E-state index contributed by atoms with van der Waals surface area (Å²) in [6.07, 6.45) is 4.94. The van der Waals surface area contributed by atoms with Gasteiger partial charge in [0.1, 0.15) is 5.82 Å². The van der Waals surface area contributed by atoms with Crippen molar-refractivity contribution < 1.29 is 5.11 Å². The van der Waals surface area contributed by atoms with E-state index in [1.165, 1.54) is 10.9 Å². The van der Waals surface area contributed by atoms with Gasteiger partial charge in [0.05, 0.1) is 36.1 Å². The van der Waals surface area contributed by atoms with Gasteiger partial charge in [-0.3, -0.25) is 14.3 Å². The second-order valence-corrected chi connectivity index (χ2v) is 6.61. The van der Waals surface area contributed by atoms with Crippen molar-refractivity contribution in [3.8, 4) is 0 Å². The third-order valence-corrected chi connectivity index (χ3v) is 4.95. The number of hydrogen-bond donors (Lipinski definition) is 1. The van der Waals surface area contributed by atoms with Crippen molar-refractivity contribution in [2.45, 2.75) is 13.5 Å². The molecule has 0 atom stereocenters. The number of nitrogens with zero attached hydrogens (tertiary/aromatic N) is 6. The van der Waals surface area contributed by atoms with Crippen LogP contribution in [0.1, 0.15) is 5.69 Å². The molecule has 0 radical (unpaired) electrons. The molecular formula is C19H22N6O2. The summed E-state index contributed by atoms with van der Waals surface area (Å²) in [6, 6.07) is 5.76. The number of anilines is 2. The van der Waals surface area contributed by atoms with E-state index in [0.717, 1.165) is 43.4 Å². The van der Waals surface area contributed by atoms with Crippen molar-refractivity contribution >= 4 is 22.4 Å². The van der Waals surface area contributed by atoms with Gasteiger partial charge in [0, 0.05) is 44.3 Å². The maximum atomic E-state index is 12.4. The first-order valence-electron chi connectivity index (χ1n) is 9.05. The molecular weight excluding hydrogens is 344 g/mol. The average Bonchev–Trinajstić information content (AvgIpc) is 2.70. The van der Waals surface area contributed by atoms with Gasteiger partial charge in [-0.15, -0.1) is 0 Å². The number of aliphatic hydroxyl groups excluding tert-OH is 1. The van der Waals surface area contributed by atoms with Crippen LogP contribution in [-0.4, -0.2) is 57.4 Å². The quantitative estimate of drug-likeness (QED) is 0.731. The Morgan fingerprint density at radius 1 is 1.04 bits per heavy atom. The molecule has 4 rings (SSSR count). The Labute approximate surface area is 156 Å². The zero-order chi connectivity index (χ0) is 18.8. The fourth-order valence-electron chi connectivity index (χ4n) is 3.50. The van der Waals surface area contributed by atoms with E-state index in [4.69, 9.17) is 5.11 Å². The molecule has 1 saturated heterocycles. The normalized spacial score (nSPS) is 14.7. The maximum absolute atomic E-state index is 12.4. The summed E-state index contributed by atoms with van der Waals surface area (Å²) >= 11 is 0. The second-order valence-electron chi connectivity index (χ2n) is 6.61. The van der Waals surface area contributed by atoms with Gasteiger partial charge in [0.2, 0.25) is 0 Å². The van der Waals surface area contributed by atoms with Gasteiger partial charge in [0.25, 0.3) is 5.56 Å². The van der Waals surface area contributed by atoms with E-state index >= 15 is 0 Å². The second kappa shape index (κ2) is 7.32. The van der Waals surface area contributed by atoms with Crippen molar-refractivity contribution in [1.82, 2.24) is 19.5 Å². The van der Waals surface area contributed by atoms with Gasteiger partial charge in [0.15, 0.2) is 0 Å². The van der Waals surface area contributed by atoms with E-state index in [1.807, 2.05) is 25.1 Å². The average molecular weight is 366 g/mol. The van der Waals surface area contributed by atoms with Crippen LogP contribution in [0.4, 0.5) is 11.5 Å². The highest BCUT2D eigenvalue weighted by Crippen LogP contribution is 2.22. The molecule has 0 bridgehead atoms. The van der Waals surface area contributed by atoms with E-state index in [2.05, 4.69) is 24.8 Å². The first kappa shape index (κ1) is 17.4. The molecule has 1 aromatic carbocycles. The lowest BCUT2D eigenvalue weighted by molar-refractivity contribution is 0.274. The number of piperazine rings is 1. The summed E-state index contributed by atoms with van der Waals surface area (Å²) in [5, 5.41) is 9.62. The topological polar surface area (TPSA) is 87.4 Å². The molecule has 1 aliphatic rings. The molecule has 2 aromatic heterocycles. The van der Waals surface area contributed by atoms with Gasteiger partial charge in [-0.05, 0) is 25.1 Å². The highest BCUT2D eigenvalue weighted by Gasteiger charge is 2.20. The van der Waals surface area contributed by atoms with Gasteiger partial charge in [-0.1, -0.05) is 0 Å². The van der Waals surface area contributed by atoms with Crippen LogP contribution in [-0.2, 0) is 6.54 Å². The number of rotatable bonds is 4. The minimum atomic E-state index is -0.122. The number of aryl methyl sites for hydroxylation is 1.